The molecule has 1 heterocycles. The lowest BCUT2D eigenvalue weighted by Crippen LogP contribution is -2.19. The van der Waals surface area contributed by atoms with Gasteiger partial charge >= 0.3 is 0 Å². The molecule has 104 valence electrons. The molecule has 1 aromatic carbocycles. The molecule has 0 aliphatic heterocycles. The van der Waals surface area contributed by atoms with E-state index in [0.717, 1.165) is 5.56 Å². The zero-order chi connectivity index (χ0) is 14.5. The minimum Gasteiger partial charge on any atom is -0.366 e. The van der Waals surface area contributed by atoms with Crippen LogP contribution in [-0.4, -0.2) is 10.9 Å². The van der Waals surface area contributed by atoms with Gasteiger partial charge in [0.2, 0.25) is 5.91 Å². The molecule has 0 unspecified atom stereocenters. The third kappa shape index (κ3) is 3.39. The lowest BCUT2D eigenvalue weighted by atomic mass is 10.1. The van der Waals surface area contributed by atoms with Gasteiger partial charge in [-0.2, -0.15) is 0 Å². The van der Waals surface area contributed by atoms with Crippen LogP contribution in [0.5, 0.6) is 0 Å². The zero-order valence-corrected chi connectivity index (χ0v) is 11.1. The number of nitrogens with one attached hydrogen (secondary N) is 1. The van der Waals surface area contributed by atoms with Crippen molar-refractivity contribution >= 4 is 5.91 Å². The summed E-state index contributed by atoms with van der Waals surface area (Å²) in [5.74, 6) is -0.924. The molecular weight excluding hydrogens is 257 g/mol. The van der Waals surface area contributed by atoms with Crippen LogP contribution >= 0.6 is 0 Å². The molecule has 5 heteroatoms. The molecule has 3 N–H and O–H groups in total. The van der Waals surface area contributed by atoms with E-state index in [1.54, 1.807) is 12.4 Å². The number of rotatable bonds is 5. The third-order valence-electron chi connectivity index (χ3n) is 3.11. The maximum absolute atomic E-state index is 13.7. The molecule has 4 nitrogen and oxygen atoms in total. The fraction of sp³-hybridized carbons (Fsp3) is 0.200. The number of aromatic nitrogens is 1. The molecule has 0 bridgehead atoms. The van der Waals surface area contributed by atoms with E-state index in [2.05, 4.69) is 10.3 Å². The zero-order valence-electron chi connectivity index (χ0n) is 11.1. The van der Waals surface area contributed by atoms with Gasteiger partial charge < -0.3 is 11.1 Å². The first kappa shape index (κ1) is 14.1. The van der Waals surface area contributed by atoms with Gasteiger partial charge in [-0.05, 0) is 36.8 Å². The van der Waals surface area contributed by atoms with Gasteiger partial charge in [0.1, 0.15) is 5.82 Å². The van der Waals surface area contributed by atoms with E-state index in [0.29, 0.717) is 17.7 Å². The average Bonchev–Trinajstić information content (AvgIpc) is 2.46. The second-order valence-corrected chi connectivity index (χ2v) is 4.56. The van der Waals surface area contributed by atoms with Gasteiger partial charge in [-0.25, -0.2) is 4.39 Å². The van der Waals surface area contributed by atoms with Crippen LogP contribution in [0.25, 0.3) is 0 Å². The SMILES string of the molecule is C[C@@H](NCc1cc(C(N)=O)ccc1F)c1cccnc1. The van der Waals surface area contributed by atoms with E-state index in [-0.39, 0.29) is 11.9 Å². The van der Waals surface area contributed by atoms with Gasteiger partial charge in [-0.1, -0.05) is 6.07 Å². The molecule has 1 aromatic heterocycles. The summed E-state index contributed by atoms with van der Waals surface area (Å²) in [6.07, 6.45) is 3.46. The number of hydrogen-bond donors (Lipinski definition) is 2. The van der Waals surface area contributed by atoms with Crippen molar-refractivity contribution in [1.29, 1.82) is 0 Å². The Kier molecular flexibility index (Phi) is 4.42. The predicted octanol–water partition coefficient (Wildman–Crippen LogP) is 2.17. The summed E-state index contributed by atoms with van der Waals surface area (Å²) in [5, 5.41) is 3.19. The van der Waals surface area contributed by atoms with Crippen molar-refractivity contribution in [3.63, 3.8) is 0 Å². The summed E-state index contributed by atoms with van der Waals surface area (Å²) in [6, 6.07) is 7.93. The van der Waals surface area contributed by atoms with Gasteiger partial charge in [0.25, 0.3) is 0 Å². The summed E-state index contributed by atoms with van der Waals surface area (Å²) in [5.41, 5.74) is 6.92. The highest BCUT2D eigenvalue weighted by molar-refractivity contribution is 5.92. The summed E-state index contributed by atoms with van der Waals surface area (Å²) in [4.78, 5) is 15.1. The molecule has 0 radical (unpaired) electrons. The van der Waals surface area contributed by atoms with Crippen molar-refractivity contribution in [1.82, 2.24) is 10.3 Å². The van der Waals surface area contributed by atoms with Crippen molar-refractivity contribution in [3.05, 3.63) is 65.2 Å². The Morgan fingerprint density at radius 3 is 2.90 bits per heavy atom. The quantitative estimate of drug-likeness (QED) is 0.877. The number of carbonyl (C=O) groups excluding carboxylic acids is 1. The molecule has 2 aromatic rings. The molecule has 0 saturated heterocycles. The Bertz CT molecular complexity index is 601. The molecule has 1 amide bonds. The van der Waals surface area contributed by atoms with Crippen molar-refractivity contribution < 1.29 is 9.18 Å². The molecule has 2 rings (SSSR count). The van der Waals surface area contributed by atoms with E-state index in [4.69, 9.17) is 5.73 Å². The van der Waals surface area contributed by atoms with Crippen LogP contribution in [0.15, 0.2) is 42.7 Å². The number of hydrogen-bond acceptors (Lipinski definition) is 3. The Morgan fingerprint density at radius 1 is 1.45 bits per heavy atom. The fourth-order valence-corrected chi connectivity index (χ4v) is 1.88. The highest BCUT2D eigenvalue weighted by Gasteiger charge is 2.09. The van der Waals surface area contributed by atoms with E-state index >= 15 is 0 Å². The number of benzene rings is 1. The molecular formula is C15H16FN3O. The van der Waals surface area contributed by atoms with Crippen LogP contribution in [0.1, 0.15) is 34.5 Å². The van der Waals surface area contributed by atoms with Crippen molar-refractivity contribution in [2.45, 2.75) is 19.5 Å². The first-order valence-corrected chi connectivity index (χ1v) is 6.29. The standard InChI is InChI=1S/C15H16FN3O/c1-10(12-3-2-6-18-8-12)19-9-13-7-11(15(17)20)4-5-14(13)16/h2-8,10,19H,9H2,1H3,(H2,17,20)/t10-/m1/s1. The topological polar surface area (TPSA) is 68.0 Å². The molecule has 0 aliphatic rings. The number of carbonyl (C=O) groups is 1. The Hall–Kier alpha value is -2.27. The molecule has 0 spiro atoms. The van der Waals surface area contributed by atoms with Crippen molar-refractivity contribution in [2.24, 2.45) is 5.73 Å². The number of primary amides is 1. The van der Waals surface area contributed by atoms with Gasteiger partial charge in [0, 0.05) is 36.1 Å². The first-order valence-electron chi connectivity index (χ1n) is 6.29. The van der Waals surface area contributed by atoms with E-state index < -0.39 is 5.91 Å². The second-order valence-electron chi connectivity index (χ2n) is 4.56. The highest BCUT2D eigenvalue weighted by atomic mass is 19.1. The Labute approximate surface area is 116 Å². The molecule has 0 saturated carbocycles. The van der Waals surface area contributed by atoms with E-state index in [9.17, 15) is 9.18 Å². The largest absolute Gasteiger partial charge is 0.366 e. The van der Waals surface area contributed by atoms with Crippen LogP contribution in [0, 0.1) is 5.82 Å². The average molecular weight is 273 g/mol. The fourth-order valence-electron chi connectivity index (χ4n) is 1.88. The van der Waals surface area contributed by atoms with Crippen LogP contribution < -0.4 is 11.1 Å². The minimum absolute atomic E-state index is 0.0281. The van der Waals surface area contributed by atoms with Crippen molar-refractivity contribution in [2.75, 3.05) is 0 Å². The molecule has 0 aliphatic carbocycles. The summed E-state index contributed by atoms with van der Waals surface area (Å²) in [7, 11) is 0. The van der Waals surface area contributed by atoms with Gasteiger partial charge in [0.05, 0.1) is 0 Å². The maximum Gasteiger partial charge on any atom is 0.248 e. The monoisotopic (exact) mass is 273 g/mol. The lowest BCUT2D eigenvalue weighted by Gasteiger charge is -2.14. The van der Waals surface area contributed by atoms with Crippen LogP contribution in [-0.2, 0) is 6.54 Å². The van der Waals surface area contributed by atoms with Crippen LogP contribution in [0.3, 0.4) is 0 Å². The Balaban J connectivity index is 2.07. The predicted molar refractivity (Wildman–Crippen MR) is 74.4 cm³/mol. The third-order valence-corrected chi connectivity index (χ3v) is 3.11. The number of pyridine rings is 1. The number of nitrogens with two attached hydrogens (primary N) is 1. The number of amides is 1. The lowest BCUT2D eigenvalue weighted by molar-refractivity contribution is 0.1000. The molecule has 1 atom stereocenters. The maximum atomic E-state index is 13.7. The van der Waals surface area contributed by atoms with E-state index in [1.165, 1.54) is 18.2 Å². The second kappa shape index (κ2) is 6.25. The van der Waals surface area contributed by atoms with Crippen molar-refractivity contribution in [3.8, 4) is 0 Å². The normalized spacial score (nSPS) is 12.1. The first-order chi connectivity index (χ1) is 9.58. The van der Waals surface area contributed by atoms with Gasteiger partial charge in [-0.3, -0.25) is 9.78 Å². The highest BCUT2D eigenvalue weighted by Crippen LogP contribution is 2.14. The smallest absolute Gasteiger partial charge is 0.248 e. The number of halogens is 1. The number of nitrogens with zero attached hydrogens (tertiary/aromatic N) is 1. The minimum atomic E-state index is -0.563. The summed E-state index contributed by atoms with van der Waals surface area (Å²) >= 11 is 0. The van der Waals surface area contributed by atoms with E-state index in [1.807, 2.05) is 19.1 Å². The molecule has 0 fully saturated rings. The summed E-state index contributed by atoms with van der Waals surface area (Å²) < 4.78 is 13.7. The Morgan fingerprint density at radius 2 is 2.25 bits per heavy atom. The van der Waals surface area contributed by atoms with Gasteiger partial charge in [-0.15, -0.1) is 0 Å². The van der Waals surface area contributed by atoms with Crippen LogP contribution in [0.2, 0.25) is 0 Å². The molecule has 20 heavy (non-hydrogen) atoms. The van der Waals surface area contributed by atoms with Crippen LogP contribution in [0.4, 0.5) is 4.39 Å². The van der Waals surface area contributed by atoms with Gasteiger partial charge in [0.15, 0.2) is 0 Å². The summed E-state index contributed by atoms with van der Waals surface area (Å²) in [6.45, 7) is 2.27.